The van der Waals surface area contributed by atoms with Crippen LogP contribution in [0.25, 0.3) is 0 Å². The molecular weight excluding hydrogens is 484 g/mol. The Labute approximate surface area is 211 Å². The van der Waals surface area contributed by atoms with Crippen LogP contribution in [-0.4, -0.2) is 44.1 Å². The first-order valence-corrected chi connectivity index (χ1v) is 13.8. The lowest BCUT2D eigenvalue weighted by Crippen LogP contribution is -2.44. The summed E-state index contributed by atoms with van der Waals surface area (Å²) in [6.45, 7) is 7.93. The van der Waals surface area contributed by atoms with Gasteiger partial charge in [-0.05, 0) is 47.6 Å². The molecule has 2 aromatic rings. The summed E-state index contributed by atoms with van der Waals surface area (Å²) in [5.74, 6) is -2.69. The second-order valence-electron chi connectivity index (χ2n) is 11.4. The van der Waals surface area contributed by atoms with E-state index in [1.54, 1.807) is 11.8 Å². The predicted molar refractivity (Wildman–Crippen MR) is 133 cm³/mol. The standard InChI is InChI=1S/C26H28N2O5S2/c1-10(24(31)32)28-22(29)17-13-9-14(18(17)23(28)30)19-16(13)15(20-21(34-19)27-25(33)35-20)11-5-7-12(8-6-11)26(2,3)4/h5-8,10,13-19H,9H2,1-4H3,(H,27,33)(H,31,32). The van der Waals surface area contributed by atoms with Crippen molar-refractivity contribution >= 4 is 40.9 Å². The van der Waals surface area contributed by atoms with Gasteiger partial charge in [0.2, 0.25) is 11.8 Å². The zero-order valence-electron chi connectivity index (χ0n) is 20.0. The summed E-state index contributed by atoms with van der Waals surface area (Å²) in [7, 11) is 0. The molecule has 6 rings (SSSR count). The van der Waals surface area contributed by atoms with E-state index in [1.807, 2.05) is 0 Å². The van der Waals surface area contributed by atoms with Crippen molar-refractivity contribution in [1.82, 2.24) is 9.88 Å². The molecule has 2 saturated carbocycles. The highest BCUT2D eigenvalue weighted by molar-refractivity contribution is 8.00. The highest BCUT2D eigenvalue weighted by Crippen LogP contribution is 2.68. The third-order valence-electron chi connectivity index (χ3n) is 8.64. The Kier molecular flexibility index (Phi) is 4.97. The maximum absolute atomic E-state index is 13.4. The average molecular weight is 513 g/mol. The molecule has 2 amide bonds. The van der Waals surface area contributed by atoms with E-state index >= 15 is 0 Å². The number of rotatable bonds is 3. The van der Waals surface area contributed by atoms with Crippen LogP contribution in [0.3, 0.4) is 0 Å². The first-order valence-electron chi connectivity index (χ1n) is 12.1. The molecule has 2 aliphatic carbocycles. The van der Waals surface area contributed by atoms with Gasteiger partial charge in [-0.3, -0.25) is 19.3 Å². The molecule has 7 nitrogen and oxygen atoms in total. The van der Waals surface area contributed by atoms with Gasteiger partial charge in [-0.15, -0.1) is 11.8 Å². The zero-order valence-corrected chi connectivity index (χ0v) is 21.6. The van der Waals surface area contributed by atoms with Gasteiger partial charge in [-0.1, -0.05) is 56.4 Å². The molecule has 184 valence electrons. The number of imide groups is 1. The monoisotopic (exact) mass is 512 g/mol. The molecule has 3 fully saturated rings. The van der Waals surface area contributed by atoms with Crippen LogP contribution in [0.5, 0.6) is 0 Å². The number of thioether (sulfide) groups is 1. The number of hydrogen-bond acceptors (Lipinski definition) is 6. The second-order valence-corrected chi connectivity index (χ2v) is 13.6. The number of nitrogens with one attached hydrogen (secondary N) is 1. The molecule has 8 atom stereocenters. The number of H-pyrrole nitrogens is 1. The number of carboxylic acids is 1. The summed E-state index contributed by atoms with van der Waals surface area (Å²) >= 11 is 2.89. The van der Waals surface area contributed by atoms with E-state index in [1.165, 1.54) is 23.8 Å². The summed E-state index contributed by atoms with van der Waals surface area (Å²) in [6.07, 6.45) is 0.792. The van der Waals surface area contributed by atoms with Crippen molar-refractivity contribution in [3.8, 4) is 0 Å². The lowest BCUT2D eigenvalue weighted by atomic mass is 9.68. The number of carboxylic acid groups (broad SMARTS) is 1. The quantitative estimate of drug-likeness (QED) is 0.608. The predicted octanol–water partition coefficient (Wildman–Crippen LogP) is 3.68. The lowest BCUT2D eigenvalue weighted by Gasteiger charge is -2.43. The Morgan fingerprint density at radius 3 is 2.31 bits per heavy atom. The molecule has 1 saturated heterocycles. The Morgan fingerprint density at radius 1 is 1.09 bits per heavy atom. The second kappa shape index (κ2) is 7.56. The molecule has 2 N–H and O–H groups in total. The molecule has 3 heterocycles. The van der Waals surface area contributed by atoms with Crippen LogP contribution in [0.1, 0.15) is 56.0 Å². The van der Waals surface area contributed by atoms with Crippen LogP contribution in [0.4, 0.5) is 0 Å². The Bertz CT molecular complexity index is 1310. The van der Waals surface area contributed by atoms with E-state index in [4.69, 9.17) is 0 Å². The molecule has 4 aliphatic rings. The SMILES string of the molecule is CC(C(=O)O)N1C(=O)C2C3CC(C2C1=O)C1C(c2ccc(C(C)(C)C)cc2)c2sc(=O)[nH]c2SC31. The molecule has 1 aromatic heterocycles. The minimum atomic E-state index is -1.16. The minimum Gasteiger partial charge on any atom is -0.480 e. The van der Waals surface area contributed by atoms with Gasteiger partial charge in [-0.25, -0.2) is 4.79 Å². The number of thiazole rings is 1. The fourth-order valence-electron chi connectivity index (χ4n) is 7.10. The number of aromatic amines is 1. The normalized spacial score (nSPS) is 34.1. The summed E-state index contributed by atoms with van der Waals surface area (Å²) in [5, 5.41) is 10.5. The fraction of sp³-hybridized carbons (Fsp3) is 0.538. The van der Waals surface area contributed by atoms with Gasteiger partial charge in [0.1, 0.15) is 6.04 Å². The molecule has 0 radical (unpaired) electrons. The number of benzene rings is 1. The van der Waals surface area contributed by atoms with E-state index in [9.17, 15) is 24.3 Å². The number of fused-ring (bicyclic) bond motifs is 9. The van der Waals surface area contributed by atoms with E-state index in [2.05, 4.69) is 50.0 Å². The van der Waals surface area contributed by atoms with Gasteiger partial charge in [-0.2, -0.15) is 0 Å². The molecule has 8 unspecified atom stereocenters. The lowest BCUT2D eigenvalue weighted by molar-refractivity contribution is -0.154. The Balaban J connectivity index is 1.43. The van der Waals surface area contributed by atoms with E-state index in [0.29, 0.717) is 0 Å². The number of carbonyl (C=O) groups is 3. The van der Waals surface area contributed by atoms with Crippen LogP contribution >= 0.6 is 23.1 Å². The van der Waals surface area contributed by atoms with Crippen LogP contribution < -0.4 is 4.87 Å². The zero-order chi connectivity index (χ0) is 25.0. The van der Waals surface area contributed by atoms with Crippen molar-refractivity contribution < 1.29 is 19.5 Å². The van der Waals surface area contributed by atoms with Gasteiger partial charge in [0.25, 0.3) is 0 Å². The molecule has 35 heavy (non-hydrogen) atoms. The minimum absolute atomic E-state index is 0.00431. The highest BCUT2D eigenvalue weighted by atomic mass is 32.2. The molecular formula is C26H28N2O5S2. The van der Waals surface area contributed by atoms with Crippen molar-refractivity contribution in [2.45, 2.75) is 61.8 Å². The topological polar surface area (TPSA) is 108 Å². The van der Waals surface area contributed by atoms with E-state index < -0.39 is 23.8 Å². The van der Waals surface area contributed by atoms with Crippen LogP contribution in [-0.2, 0) is 19.8 Å². The third-order valence-corrected chi connectivity index (χ3v) is 11.2. The van der Waals surface area contributed by atoms with Crippen LogP contribution in [0.2, 0.25) is 0 Å². The van der Waals surface area contributed by atoms with E-state index in [-0.39, 0.29) is 51.0 Å². The fourth-order valence-corrected chi connectivity index (χ4v) is 9.98. The first kappa shape index (κ1) is 23.0. The summed E-state index contributed by atoms with van der Waals surface area (Å²) in [4.78, 5) is 55.7. The smallest absolute Gasteiger partial charge is 0.326 e. The number of carbonyl (C=O) groups excluding carboxylic acids is 2. The van der Waals surface area contributed by atoms with Crippen molar-refractivity contribution in [3.63, 3.8) is 0 Å². The van der Waals surface area contributed by atoms with Crippen molar-refractivity contribution in [2.24, 2.45) is 29.6 Å². The molecule has 1 aromatic carbocycles. The maximum atomic E-state index is 13.4. The Morgan fingerprint density at radius 2 is 1.71 bits per heavy atom. The maximum Gasteiger partial charge on any atom is 0.326 e. The van der Waals surface area contributed by atoms with Gasteiger partial charge < -0.3 is 10.1 Å². The number of amides is 2. The summed E-state index contributed by atoms with van der Waals surface area (Å²) < 4.78 is 0. The summed E-state index contributed by atoms with van der Waals surface area (Å²) in [6, 6.07) is 7.44. The van der Waals surface area contributed by atoms with Crippen molar-refractivity contribution in [2.75, 3.05) is 0 Å². The summed E-state index contributed by atoms with van der Waals surface area (Å²) in [5.41, 5.74) is 2.38. The molecule has 2 aliphatic heterocycles. The van der Waals surface area contributed by atoms with Crippen molar-refractivity contribution in [1.29, 1.82) is 0 Å². The number of aliphatic carboxylic acids is 1. The van der Waals surface area contributed by atoms with Gasteiger partial charge in [0.05, 0.1) is 16.9 Å². The van der Waals surface area contributed by atoms with Crippen LogP contribution in [0.15, 0.2) is 34.1 Å². The van der Waals surface area contributed by atoms with Gasteiger partial charge in [0.15, 0.2) is 0 Å². The number of nitrogens with zero attached hydrogens (tertiary/aromatic N) is 1. The molecule has 9 heteroatoms. The molecule has 2 bridgehead atoms. The van der Waals surface area contributed by atoms with E-state index in [0.717, 1.165) is 26.8 Å². The van der Waals surface area contributed by atoms with Crippen LogP contribution in [0, 0.1) is 29.6 Å². The Hall–Kier alpha value is -2.39. The highest BCUT2D eigenvalue weighted by Gasteiger charge is 2.70. The van der Waals surface area contributed by atoms with Gasteiger partial charge in [0, 0.05) is 16.0 Å². The number of hydrogen-bond donors (Lipinski definition) is 2. The molecule has 0 spiro atoms. The number of aromatic nitrogens is 1. The average Bonchev–Trinajstić information content (AvgIpc) is 3.51. The largest absolute Gasteiger partial charge is 0.480 e. The first-order chi connectivity index (χ1) is 16.5. The number of likely N-dealkylation sites (tertiary alicyclic amines) is 1. The third kappa shape index (κ3) is 3.16. The van der Waals surface area contributed by atoms with Gasteiger partial charge >= 0.3 is 10.8 Å². The van der Waals surface area contributed by atoms with Crippen molar-refractivity contribution in [3.05, 3.63) is 49.9 Å².